The number of likely N-dealkylation sites (N-methyl/N-ethyl adjacent to an activating group) is 7. The Kier molecular flexibility index (Phi) is 33.9. The molecular formula is C74H128N12O13. The van der Waals surface area contributed by atoms with Gasteiger partial charge in [-0.1, -0.05) is 157 Å². The zero-order valence-corrected chi connectivity index (χ0v) is 63.1. The Morgan fingerprint density at radius 3 is 1.40 bits per heavy atom. The number of hydrogen-bond acceptors (Lipinski definition) is 13. The second kappa shape index (κ2) is 40.3. The molecule has 5 aliphatic rings. The molecule has 5 N–H and O–H groups in total. The first-order valence-electron chi connectivity index (χ1n) is 37.8. The Balaban J connectivity index is 1.62. The molecule has 5 fully saturated rings. The largest absolute Gasteiger partial charge is 0.391 e. The van der Waals surface area contributed by atoms with Gasteiger partial charge in [0.05, 0.1) is 25.6 Å². The minimum Gasteiger partial charge on any atom is -0.391 e. The van der Waals surface area contributed by atoms with Gasteiger partial charge in [0.15, 0.2) is 0 Å². The first-order valence-corrected chi connectivity index (χ1v) is 37.8. The maximum Gasteiger partial charge on any atom is 0.248 e. The van der Waals surface area contributed by atoms with E-state index in [-0.39, 0.29) is 55.8 Å². The summed E-state index contributed by atoms with van der Waals surface area (Å²) in [5.74, 6) is -7.98. The van der Waals surface area contributed by atoms with Crippen molar-refractivity contribution in [1.82, 2.24) is 60.5 Å². The van der Waals surface area contributed by atoms with Gasteiger partial charge < -0.3 is 65.6 Å². The number of nitrogens with zero attached hydrogens (tertiary/aromatic N) is 8. The van der Waals surface area contributed by atoms with Gasteiger partial charge in [0, 0.05) is 62.4 Å². The van der Waals surface area contributed by atoms with Crippen LogP contribution in [0.25, 0.3) is 0 Å². The highest BCUT2D eigenvalue weighted by Crippen LogP contribution is 2.33. The highest BCUT2D eigenvalue weighted by atomic mass is 16.3. The summed E-state index contributed by atoms with van der Waals surface area (Å²) in [5, 5.41) is 22.8. The molecular weight excluding hydrogens is 1260 g/mol. The highest BCUT2D eigenvalue weighted by Gasteiger charge is 2.44. The second-order valence-electron chi connectivity index (χ2n) is 31.0. The van der Waals surface area contributed by atoms with Crippen LogP contribution >= 0.6 is 0 Å². The van der Waals surface area contributed by atoms with Crippen molar-refractivity contribution in [2.24, 2.45) is 35.5 Å². The van der Waals surface area contributed by atoms with Crippen LogP contribution in [0.5, 0.6) is 0 Å². The van der Waals surface area contributed by atoms with Gasteiger partial charge in [0.25, 0.3) is 0 Å². The molecule has 3 aliphatic carbocycles. The third kappa shape index (κ3) is 24.4. The fraction of sp³-hybridized carbons (Fsp3) is 0.838. The molecule has 0 bridgehead atoms. The fourth-order valence-electron chi connectivity index (χ4n) is 15.2. The number of carbonyl (C=O) groups excluding carboxylic acids is 12. The van der Waals surface area contributed by atoms with Crippen molar-refractivity contribution in [2.75, 3.05) is 75.5 Å². The van der Waals surface area contributed by atoms with Crippen molar-refractivity contribution in [3.05, 3.63) is 0 Å². The summed E-state index contributed by atoms with van der Waals surface area (Å²) in [7, 11) is 10.2. The third-order valence-electron chi connectivity index (χ3n) is 22.3. The molecule has 5 rings (SSSR count). The lowest BCUT2D eigenvalue weighted by atomic mass is 9.84. The molecule has 0 radical (unpaired) electrons. The van der Waals surface area contributed by atoms with Gasteiger partial charge in [-0.3, -0.25) is 57.5 Å². The Labute approximate surface area is 591 Å². The molecule has 12 amide bonds. The number of nitrogens with one attached hydrogen (secondary N) is 4. The first-order chi connectivity index (χ1) is 46.8. The predicted molar refractivity (Wildman–Crippen MR) is 379 cm³/mol. The van der Waals surface area contributed by atoms with E-state index in [1.54, 1.807) is 11.8 Å². The van der Waals surface area contributed by atoms with Crippen LogP contribution in [-0.4, -0.2) is 251 Å². The van der Waals surface area contributed by atoms with E-state index in [1.165, 1.54) is 87.7 Å². The maximum absolute atomic E-state index is 15.4. The summed E-state index contributed by atoms with van der Waals surface area (Å²) in [4.78, 5) is 189. The molecule has 11 atom stereocenters. The minimum atomic E-state index is -1.61. The van der Waals surface area contributed by atoms with E-state index in [1.807, 2.05) is 34.6 Å². The summed E-state index contributed by atoms with van der Waals surface area (Å²) in [6.07, 6.45) is 17.5. The lowest BCUT2D eigenvalue weighted by Gasteiger charge is -2.38. The fourth-order valence-corrected chi connectivity index (χ4v) is 15.2. The molecule has 25 heteroatoms. The molecule has 2 aliphatic heterocycles. The van der Waals surface area contributed by atoms with Crippen LogP contribution in [0.1, 0.15) is 229 Å². The molecule has 2 heterocycles. The zero-order valence-electron chi connectivity index (χ0n) is 63.1. The van der Waals surface area contributed by atoms with E-state index in [4.69, 9.17) is 0 Å². The number of hydrogen-bond donors (Lipinski definition) is 5. The highest BCUT2D eigenvalue weighted by molar-refractivity contribution is 5.99. The van der Waals surface area contributed by atoms with Crippen molar-refractivity contribution in [3.8, 4) is 0 Å². The summed E-state index contributed by atoms with van der Waals surface area (Å²) < 4.78 is 0. The minimum absolute atomic E-state index is 0.0469. The van der Waals surface area contributed by atoms with Crippen molar-refractivity contribution in [3.63, 3.8) is 0 Å². The van der Waals surface area contributed by atoms with Crippen LogP contribution < -0.4 is 21.3 Å². The standard InChI is InChI=1S/C74H128N12O13/c1-16-49(6)64-74(99)85(15)58(41-48(4)5)68(93)78-65(51(8)87)73(98)80(10)46-63(90)83(13)60(43-54-34-25-19-26-35-54)72(97)84(14)57(40-47(2)3)67(92)75-55(37-29-36-52-30-21-17-22-31-52)70(95)81(11)50(7)66(91)76-56(71(96)86-38-27-20-28-39-86)44-61(88)79(9)45-62(89)82(12)59(69(94)77-64)42-53-32-23-18-24-33-53/h47-60,64-65,87H,16-46H2,1-15H3,(H,75,92)(H,76,91)(H,77,94)(H,78,93)/t49-,50-,51+,55-,56-,57-,58-,59-,60-,64-,65-/m0/s1. The van der Waals surface area contributed by atoms with E-state index in [0.29, 0.717) is 44.7 Å². The van der Waals surface area contributed by atoms with E-state index in [2.05, 4.69) is 21.3 Å². The number of likely N-dealkylation sites (tertiary alicyclic amines) is 1. The maximum atomic E-state index is 15.4. The van der Waals surface area contributed by atoms with Crippen molar-refractivity contribution >= 4 is 70.9 Å². The smallest absolute Gasteiger partial charge is 0.248 e. The van der Waals surface area contributed by atoms with Crippen LogP contribution in [-0.2, 0) is 57.5 Å². The molecule has 0 aromatic heterocycles. The van der Waals surface area contributed by atoms with Crippen LogP contribution in [0.3, 0.4) is 0 Å². The summed E-state index contributed by atoms with van der Waals surface area (Å²) in [6, 6.07) is -11.2. The first kappa shape index (κ1) is 83.3. The van der Waals surface area contributed by atoms with Crippen LogP contribution in [0.4, 0.5) is 0 Å². The summed E-state index contributed by atoms with van der Waals surface area (Å²) in [5.41, 5.74) is 0. The molecule has 3 saturated carbocycles. The van der Waals surface area contributed by atoms with E-state index < -0.39 is 157 Å². The van der Waals surface area contributed by atoms with Crippen LogP contribution in [0.15, 0.2) is 0 Å². The normalized spacial score (nSPS) is 28.1. The number of piperidine rings is 1. The number of rotatable bonds is 16. The number of aliphatic hydroxyl groups excluding tert-OH is 1. The Hall–Kier alpha value is -6.40. The van der Waals surface area contributed by atoms with Crippen LogP contribution in [0.2, 0.25) is 0 Å². The van der Waals surface area contributed by atoms with Crippen molar-refractivity contribution in [1.29, 1.82) is 0 Å². The van der Waals surface area contributed by atoms with Gasteiger partial charge in [-0.15, -0.1) is 0 Å². The molecule has 25 nitrogen and oxygen atoms in total. The average molecular weight is 1390 g/mol. The second-order valence-corrected chi connectivity index (χ2v) is 31.0. The van der Waals surface area contributed by atoms with Gasteiger partial charge in [0.1, 0.15) is 54.4 Å². The Bertz CT molecular complexity index is 2710. The Morgan fingerprint density at radius 1 is 0.455 bits per heavy atom. The molecule has 0 unspecified atom stereocenters. The van der Waals surface area contributed by atoms with Crippen molar-refractivity contribution in [2.45, 2.75) is 289 Å². The van der Waals surface area contributed by atoms with Gasteiger partial charge >= 0.3 is 0 Å². The monoisotopic (exact) mass is 1390 g/mol. The van der Waals surface area contributed by atoms with Gasteiger partial charge in [-0.25, -0.2) is 0 Å². The number of amides is 12. The SMILES string of the molecule is CC[C@H](C)[C@@H]1NC(=O)[C@H](CC2CCCCC2)N(C)C(=O)CN(C)C(=O)C[C@@H](C(=O)N2CCCCC2)NC(=O)[C@H](C)N(C)C(=O)[C@H](CCCC2CCCCC2)NC(=O)[C@H](CC(C)C)N(C)C(=O)[C@H](CC2CCCCC2)N(C)C(=O)CN(C)C(=O)[C@H]([C@@H](C)O)NC(=O)[C@H](CC(C)C)N(C)C1=O. The molecule has 0 aromatic carbocycles. The van der Waals surface area contributed by atoms with Gasteiger partial charge in [-0.05, 0) is 101 Å². The Morgan fingerprint density at radius 2 is 0.899 bits per heavy atom. The molecule has 2 saturated heterocycles. The topological polar surface area (TPSA) is 299 Å². The lowest BCUT2D eigenvalue weighted by molar-refractivity contribution is -0.151. The molecule has 99 heavy (non-hydrogen) atoms. The number of carbonyl (C=O) groups is 12. The van der Waals surface area contributed by atoms with E-state index in [9.17, 15) is 38.7 Å². The zero-order chi connectivity index (χ0) is 73.5. The van der Waals surface area contributed by atoms with E-state index in [0.717, 1.165) is 119 Å². The van der Waals surface area contributed by atoms with Crippen molar-refractivity contribution < 1.29 is 62.6 Å². The van der Waals surface area contributed by atoms with Gasteiger partial charge in [0.2, 0.25) is 70.9 Å². The quantitative estimate of drug-likeness (QED) is 0.125. The molecule has 0 aromatic rings. The third-order valence-corrected chi connectivity index (χ3v) is 22.3. The molecule has 0 spiro atoms. The summed E-state index contributed by atoms with van der Waals surface area (Å²) >= 11 is 0. The van der Waals surface area contributed by atoms with Crippen LogP contribution in [0, 0.1) is 35.5 Å². The predicted octanol–water partition coefficient (Wildman–Crippen LogP) is 5.62. The molecule has 562 valence electrons. The van der Waals surface area contributed by atoms with E-state index >= 15 is 24.0 Å². The number of aliphatic hydroxyl groups is 1. The lowest BCUT2D eigenvalue weighted by Crippen LogP contribution is -2.62. The summed E-state index contributed by atoms with van der Waals surface area (Å²) in [6.45, 7) is 13.7. The average Bonchev–Trinajstić information content (AvgIpc) is 0.834. The van der Waals surface area contributed by atoms with Gasteiger partial charge in [-0.2, -0.15) is 0 Å².